The monoisotopic (exact) mass is 477 g/mol. The van der Waals surface area contributed by atoms with Gasteiger partial charge in [-0.2, -0.15) is 5.10 Å². The van der Waals surface area contributed by atoms with Gasteiger partial charge in [-0.1, -0.05) is 53.0 Å². The maximum atomic E-state index is 11.6. The Hall–Kier alpha value is -2.35. The molecule has 0 saturated carbocycles. The maximum Gasteiger partial charge on any atom is 0.238 e. The quantitative estimate of drug-likeness (QED) is 0.402. The molecule has 30 heavy (non-hydrogen) atoms. The van der Waals surface area contributed by atoms with Gasteiger partial charge in [0.15, 0.2) is 0 Å². The van der Waals surface area contributed by atoms with Crippen LogP contribution in [0.15, 0.2) is 77.7 Å². The number of hydrogen-bond acceptors (Lipinski definition) is 3. The topological polar surface area (TPSA) is 78.0 Å². The second-order valence-electron chi connectivity index (χ2n) is 6.50. The van der Waals surface area contributed by atoms with Gasteiger partial charge in [-0.05, 0) is 54.6 Å². The molecule has 9 heteroatoms. The van der Waals surface area contributed by atoms with Crippen LogP contribution in [0, 0.1) is 0 Å². The molecule has 5 nitrogen and oxygen atoms in total. The van der Waals surface area contributed by atoms with Crippen molar-refractivity contribution in [1.82, 2.24) is 9.78 Å². The molecule has 0 aliphatic carbocycles. The summed E-state index contributed by atoms with van der Waals surface area (Å²) in [4.78, 5) is 0.0208. The third-order valence-corrected chi connectivity index (χ3v) is 6.39. The van der Waals surface area contributed by atoms with E-state index < -0.39 is 10.0 Å². The SMILES string of the molecule is NS(=O)(=O)c1ccc(-n2nc(-c3ccc(Cl)cc3)cc2-c2ccc(Cl)c(Cl)c2)cc1. The molecule has 1 aromatic heterocycles. The van der Waals surface area contributed by atoms with Crippen LogP contribution in [0.4, 0.5) is 0 Å². The second-order valence-corrected chi connectivity index (χ2v) is 9.31. The first-order valence-corrected chi connectivity index (χ1v) is 11.3. The van der Waals surface area contributed by atoms with E-state index in [0.29, 0.717) is 26.4 Å². The van der Waals surface area contributed by atoms with E-state index in [4.69, 9.17) is 45.0 Å². The minimum Gasteiger partial charge on any atom is -0.232 e. The van der Waals surface area contributed by atoms with Crippen LogP contribution in [0.2, 0.25) is 15.1 Å². The second kappa shape index (κ2) is 8.06. The Balaban J connectivity index is 1.89. The van der Waals surface area contributed by atoms with Gasteiger partial charge in [0.05, 0.1) is 32.0 Å². The van der Waals surface area contributed by atoms with Gasteiger partial charge in [-0.3, -0.25) is 0 Å². The van der Waals surface area contributed by atoms with Gasteiger partial charge >= 0.3 is 0 Å². The smallest absolute Gasteiger partial charge is 0.232 e. The Kier molecular flexibility index (Phi) is 5.61. The lowest BCUT2D eigenvalue weighted by molar-refractivity contribution is 0.598. The predicted molar refractivity (Wildman–Crippen MR) is 121 cm³/mol. The summed E-state index contributed by atoms with van der Waals surface area (Å²) in [5, 5.41) is 11.4. The number of nitrogens with zero attached hydrogens (tertiary/aromatic N) is 2. The van der Waals surface area contributed by atoms with E-state index in [9.17, 15) is 8.42 Å². The lowest BCUT2D eigenvalue weighted by Gasteiger charge is -2.09. The molecule has 0 radical (unpaired) electrons. The minimum absolute atomic E-state index is 0.0208. The van der Waals surface area contributed by atoms with E-state index in [2.05, 4.69) is 0 Å². The number of nitrogens with two attached hydrogens (primary N) is 1. The number of primary sulfonamides is 1. The molecule has 0 bridgehead atoms. The van der Waals surface area contributed by atoms with Crippen molar-refractivity contribution in [2.45, 2.75) is 4.90 Å². The van der Waals surface area contributed by atoms with Gasteiger partial charge in [-0.25, -0.2) is 18.2 Å². The highest BCUT2D eigenvalue weighted by Crippen LogP contribution is 2.33. The average molecular weight is 479 g/mol. The average Bonchev–Trinajstić information content (AvgIpc) is 3.15. The van der Waals surface area contributed by atoms with Crippen LogP contribution in [0.25, 0.3) is 28.2 Å². The summed E-state index contributed by atoms with van der Waals surface area (Å²) in [6.07, 6.45) is 0. The maximum absolute atomic E-state index is 11.6. The van der Waals surface area contributed by atoms with Crippen molar-refractivity contribution in [3.63, 3.8) is 0 Å². The Morgan fingerprint density at radius 3 is 2.00 bits per heavy atom. The highest BCUT2D eigenvalue weighted by molar-refractivity contribution is 7.89. The predicted octanol–water partition coefficient (Wildman–Crippen LogP) is 5.81. The van der Waals surface area contributed by atoms with Gasteiger partial charge in [0, 0.05) is 16.1 Å². The molecular weight excluding hydrogens is 465 g/mol. The Bertz CT molecular complexity index is 1330. The lowest BCUT2D eigenvalue weighted by Crippen LogP contribution is -2.12. The molecule has 2 N–H and O–H groups in total. The van der Waals surface area contributed by atoms with Gasteiger partial charge in [0.25, 0.3) is 0 Å². The number of aromatic nitrogens is 2. The van der Waals surface area contributed by atoms with Crippen LogP contribution < -0.4 is 5.14 Å². The lowest BCUT2D eigenvalue weighted by atomic mass is 10.1. The summed E-state index contributed by atoms with van der Waals surface area (Å²) < 4.78 is 24.8. The first-order chi connectivity index (χ1) is 14.2. The van der Waals surface area contributed by atoms with E-state index in [0.717, 1.165) is 16.8 Å². The van der Waals surface area contributed by atoms with Crippen molar-refractivity contribution in [3.8, 4) is 28.2 Å². The molecule has 4 rings (SSSR count). The minimum atomic E-state index is -3.79. The molecule has 0 amide bonds. The molecule has 0 spiro atoms. The molecule has 0 atom stereocenters. The molecule has 0 fully saturated rings. The van der Waals surface area contributed by atoms with Crippen LogP contribution in [-0.4, -0.2) is 18.2 Å². The number of hydrogen-bond donors (Lipinski definition) is 1. The van der Waals surface area contributed by atoms with Gasteiger partial charge in [0.1, 0.15) is 0 Å². The molecule has 3 aromatic carbocycles. The van der Waals surface area contributed by atoms with E-state index in [-0.39, 0.29) is 4.90 Å². The van der Waals surface area contributed by atoms with Gasteiger partial charge in [-0.15, -0.1) is 0 Å². The summed E-state index contributed by atoms with van der Waals surface area (Å²) in [5.41, 5.74) is 3.79. The third kappa shape index (κ3) is 4.24. The summed E-state index contributed by atoms with van der Waals surface area (Å²) in [5.74, 6) is 0. The zero-order chi connectivity index (χ0) is 21.5. The van der Waals surface area contributed by atoms with E-state index >= 15 is 0 Å². The van der Waals surface area contributed by atoms with Crippen LogP contribution >= 0.6 is 34.8 Å². The Morgan fingerprint density at radius 2 is 1.40 bits per heavy atom. The Morgan fingerprint density at radius 1 is 0.767 bits per heavy atom. The first-order valence-electron chi connectivity index (χ1n) is 8.67. The van der Waals surface area contributed by atoms with Crippen LogP contribution in [0.5, 0.6) is 0 Å². The van der Waals surface area contributed by atoms with E-state index in [1.54, 1.807) is 41.1 Å². The summed E-state index contributed by atoms with van der Waals surface area (Å²) >= 11 is 18.3. The molecule has 0 aliphatic rings. The highest BCUT2D eigenvalue weighted by Gasteiger charge is 2.15. The van der Waals surface area contributed by atoms with Gasteiger partial charge < -0.3 is 0 Å². The largest absolute Gasteiger partial charge is 0.238 e. The zero-order valence-corrected chi connectivity index (χ0v) is 18.3. The van der Waals surface area contributed by atoms with Crippen LogP contribution in [-0.2, 0) is 10.0 Å². The van der Waals surface area contributed by atoms with Crippen LogP contribution in [0.1, 0.15) is 0 Å². The molecule has 4 aromatic rings. The fourth-order valence-corrected chi connectivity index (χ4v) is 3.92. The summed E-state index contributed by atoms with van der Waals surface area (Å²) in [6.45, 7) is 0. The molecule has 152 valence electrons. The molecule has 1 heterocycles. The number of rotatable bonds is 4. The molecular formula is C21H14Cl3N3O2S. The zero-order valence-electron chi connectivity index (χ0n) is 15.3. The Labute approximate surface area is 188 Å². The fraction of sp³-hybridized carbons (Fsp3) is 0. The van der Waals surface area contributed by atoms with Gasteiger partial charge in [0.2, 0.25) is 10.0 Å². The summed E-state index contributed by atoms with van der Waals surface area (Å²) in [7, 11) is -3.79. The van der Waals surface area contributed by atoms with Crippen molar-refractivity contribution in [3.05, 3.63) is 87.9 Å². The molecule has 0 aliphatic heterocycles. The highest BCUT2D eigenvalue weighted by atomic mass is 35.5. The number of benzene rings is 3. The molecule has 0 unspecified atom stereocenters. The first kappa shape index (κ1) is 20.9. The van der Waals surface area contributed by atoms with Crippen molar-refractivity contribution in [2.75, 3.05) is 0 Å². The fourth-order valence-electron chi connectivity index (χ4n) is 2.98. The van der Waals surface area contributed by atoms with Crippen molar-refractivity contribution < 1.29 is 8.42 Å². The third-order valence-electron chi connectivity index (χ3n) is 4.47. The van der Waals surface area contributed by atoms with E-state index in [1.165, 1.54) is 12.1 Å². The molecule has 0 saturated heterocycles. The van der Waals surface area contributed by atoms with Crippen LogP contribution in [0.3, 0.4) is 0 Å². The summed E-state index contributed by atoms with van der Waals surface area (Å²) in [6, 6.07) is 20.7. The van der Waals surface area contributed by atoms with Crippen molar-refractivity contribution >= 4 is 44.8 Å². The van der Waals surface area contributed by atoms with Crippen molar-refractivity contribution in [2.24, 2.45) is 5.14 Å². The van der Waals surface area contributed by atoms with E-state index in [1.807, 2.05) is 24.3 Å². The normalized spacial score (nSPS) is 11.6. The number of halogens is 3. The number of sulfonamides is 1. The van der Waals surface area contributed by atoms with Crippen molar-refractivity contribution in [1.29, 1.82) is 0 Å². The standard InChI is InChI=1S/C21H14Cl3N3O2S/c22-15-4-1-13(2-5-15)20-12-21(14-3-10-18(23)19(24)11-14)27(26-20)16-6-8-17(9-7-16)30(25,28)29/h1-12H,(H2,25,28,29).